The number of carboxylic acids is 1. The minimum atomic E-state index is -1.05. The Balaban J connectivity index is 1.39. The van der Waals surface area contributed by atoms with Gasteiger partial charge in [-0.25, -0.2) is 0 Å². The van der Waals surface area contributed by atoms with Crippen LogP contribution in [0, 0.1) is 5.92 Å². The fraction of sp³-hybridized carbons (Fsp3) is 0.345. The van der Waals surface area contributed by atoms with Crippen LogP contribution in [-0.4, -0.2) is 64.9 Å². The Bertz CT molecular complexity index is 1380. The number of aromatic nitrogens is 1. The number of carbonyl (C=O) groups is 4. The van der Waals surface area contributed by atoms with Crippen molar-refractivity contribution in [3.63, 3.8) is 0 Å². The molecule has 1 saturated carbocycles. The molecule has 40 heavy (non-hydrogen) atoms. The molecule has 3 N–H and O–H groups in total. The van der Waals surface area contributed by atoms with Crippen molar-refractivity contribution in [1.29, 1.82) is 0 Å². The van der Waals surface area contributed by atoms with E-state index in [1.54, 1.807) is 48.7 Å². The Hall–Kier alpha value is -4.25. The second-order valence-electron chi connectivity index (χ2n) is 10.0. The van der Waals surface area contributed by atoms with Gasteiger partial charge in [-0.2, -0.15) is 0 Å². The summed E-state index contributed by atoms with van der Waals surface area (Å²) in [6, 6.07) is 11.2. The zero-order valence-electron chi connectivity index (χ0n) is 21.9. The summed E-state index contributed by atoms with van der Waals surface area (Å²) in [6.07, 6.45) is 5.53. The number of anilines is 2. The zero-order valence-corrected chi connectivity index (χ0v) is 22.7. The molecule has 1 aliphatic heterocycles. The third kappa shape index (κ3) is 6.66. The van der Waals surface area contributed by atoms with Gasteiger partial charge in [-0.05, 0) is 60.5 Å². The van der Waals surface area contributed by atoms with Gasteiger partial charge in [0.05, 0.1) is 28.7 Å². The lowest BCUT2D eigenvalue weighted by Gasteiger charge is -2.26. The van der Waals surface area contributed by atoms with Crippen LogP contribution in [0.1, 0.15) is 57.3 Å². The summed E-state index contributed by atoms with van der Waals surface area (Å²) in [5.41, 5.74) is 2.10. The quantitative estimate of drug-likeness (QED) is 0.362. The van der Waals surface area contributed by atoms with Gasteiger partial charge in [-0.1, -0.05) is 12.1 Å². The molecule has 3 amide bonds. The number of pyridine rings is 1. The molecule has 3 heterocycles. The number of nitrogens with one attached hydrogen (secondary N) is 2. The van der Waals surface area contributed by atoms with E-state index in [-0.39, 0.29) is 29.7 Å². The summed E-state index contributed by atoms with van der Waals surface area (Å²) in [7, 11) is 0. The van der Waals surface area contributed by atoms with Crippen LogP contribution in [0.2, 0.25) is 0 Å². The van der Waals surface area contributed by atoms with Crippen LogP contribution < -0.4 is 15.5 Å². The van der Waals surface area contributed by atoms with Crippen molar-refractivity contribution in [3.8, 4) is 0 Å². The maximum absolute atomic E-state index is 13.3. The molecule has 1 unspecified atom stereocenters. The van der Waals surface area contributed by atoms with Gasteiger partial charge in [0.1, 0.15) is 0 Å². The smallest absolute Gasteiger partial charge is 0.305 e. The largest absolute Gasteiger partial charge is 0.481 e. The van der Waals surface area contributed by atoms with E-state index in [1.807, 2.05) is 10.3 Å². The number of benzene rings is 1. The third-order valence-electron chi connectivity index (χ3n) is 7.10. The van der Waals surface area contributed by atoms with E-state index < -0.39 is 17.9 Å². The van der Waals surface area contributed by atoms with Gasteiger partial charge in [0.2, 0.25) is 5.91 Å². The number of hydrogen-bond donors (Lipinski definition) is 3. The molecule has 3 aromatic rings. The number of aliphatic carboxylic acids is 1. The highest BCUT2D eigenvalue weighted by Crippen LogP contribution is 2.33. The molecular weight excluding hydrogens is 530 g/mol. The lowest BCUT2D eigenvalue weighted by atomic mass is 10.0. The van der Waals surface area contributed by atoms with Crippen LogP contribution >= 0.6 is 11.3 Å². The van der Waals surface area contributed by atoms with Crippen molar-refractivity contribution in [2.45, 2.75) is 31.7 Å². The lowest BCUT2D eigenvalue weighted by molar-refractivity contribution is -0.137. The van der Waals surface area contributed by atoms with Gasteiger partial charge in [0.25, 0.3) is 11.8 Å². The van der Waals surface area contributed by atoms with Gasteiger partial charge in [0, 0.05) is 50.1 Å². The number of amides is 3. The molecule has 208 valence electrons. The van der Waals surface area contributed by atoms with Crippen molar-refractivity contribution in [3.05, 3.63) is 76.2 Å². The zero-order chi connectivity index (χ0) is 28.1. The molecule has 1 aromatic carbocycles. The van der Waals surface area contributed by atoms with Gasteiger partial charge in [-0.3, -0.25) is 24.2 Å². The second-order valence-corrected chi connectivity index (χ2v) is 11.0. The Kier molecular flexibility index (Phi) is 8.40. The first kappa shape index (κ1) is 27.3. The van der Waals surface area contributed by atoms with Crippen molar-refractivity contribution in [2.75, 3.05) is 36.4 Å². The van der Waals surface area contributed by atoms with E-state index in [1.165, 1.54) is 17.5 Å². The van der Waals surface area contributed by atoms with Gasteiger partial charge >= 0.3 is 5.97 Å². The van der Waals surface area contributed by atoms with Crippen LogP contribution in [0.4, 0.5) is 11.4 Å². The first-order chi connectivity index (χ1) is 19.4. The number of carbonyl (C=O) groups excluding carboxylic acids is 3. The minimum Gasteiger partial charge on any atom is -0.481 e. The Morgan fingerprint density at radius 1 is 1.02 bits per heavy atom. The molecule has 5 rings (SSSR count). The van der Waals surface area contributed by atoms with Gasteiger partial charge in [0.15, 0.2) is 0 Å². The van der Waals surface area contributed by atoms with Crippen molar-refractivity contribution >= 4 is 46.4 Å². The highest BCUT2D eigenvalue weighted by Gasteiger charge is 2.34. The van der Waals surface area contributed by atoms with Crippen LogP contribution in [0.5, 0.6) is 0 Å². The summed E-state index contributed by atoms with van der Waals surface area (Å²) in [6.45, 7) is 2.59. The molecule has 0 radical (unpaired) electrons. The van der Waals surface area contributed by atoms with E-state index in [0.29, 0.717) is 42.3 Å². The molecule has 0 spiro atoms. The molecule has 2 aromatic heterocycles. The molecule has 1 aliphatic carbocycles. The molecular formula is C29H31N5O5S. The van der Waals surface area contributed by atoms with E-state index >= 15 is 0 Å². The molecule has 1 saturated heterocycles. The third-order valence-corrected chi connectivity index (χ3v) is 7.97. The molecule has 2 aliphatic rings. The normalized spacial score (nSPS) is 16.1. The maximum Gasteiger partial charge on any atom is 0.305 e. The van der Waals surface area contributed by atoms with Gasteiger partial charge < -0.3 is 25.5 Å². The van der Waals surface area contributed by atoms with Crippen LogP contribution in [0.3, 0.4) is 0 Å². The SMILES string of the molecule is O=C(O)CC(NC(=O)c1ccc(N2CCCN(C(=O)C3CC3)CC2)c(NC(=O)c2cccs2)c1)c1cccnc1. The lowest BCUT2D eigenvalue weighted by Crippen LogP contribution is -2.36. The summed E-state index contributed by atoms with van der Waals surface area (Å²) < 4.78 is 0. The van der Waals surface area contributed by atoms with Crippen molar-refractivity contribution < 1.29 is 24.3 Å². The maximum atomic E-state index is 13.3. The predicted molar refractivity (Wildman–Crippen MR) is 152 cm³/mol. The predicted octanol–water partition coefficient (Wildman–Crippen LogP) is 3.79. The fourth-order valence-electron chi connectivity index (χ4n) is 4.86. The van der Waals surface area contributed by atoms with E-state index in [9.17, 15) is 24.3 Å². The summed E-state index contributed by atoms with van der Waals surface area (Å²) >= 11 is 1.32. The fourth-order valence-corrected chi connectivity index (χ4v) is 5.48. The topological polar surface area (TPSA) is 132 Å². The molecule has 0 bridgehead atoms. The number of thiophene rings is 1. The van der Waals surface area contributed by atoms with E-state index in [2.05, 4.69) is 20.5 Å². The van der Waals surface area contributed by atoms with Crippen LogP contribution in [0.25, 0.3) is 0 Å². The monoisotopic (exact) mass is 561 g/mol. The Morgan fingerprint density at radius 3 is 2.58 bits per heavy atom. The molecule has 1 atom stereocenters. The Labute approximate surface area is 236 Å². The first-order valence-electron chi connectivity index (χ1n) is 13.3. The molecule has 10 nitrogen and oxygen atoms in total. The summed E-state index contributed by atoms with van der Waals surface area (Å²) in [4.78, 5) is 59.1. The number of carboxylic acid groups (broad SMARTS) is 1. The van der Waals surface area contributed by atoms with E-state index in [4.69, 9.17) is 0 Å². The second kappa shape index (κ2) is 12.3. The van der Waals surface area contributed by atoms with Crippen molar-refractivity contribution in [1.82, 2.24) is 15.2 Å². The van der Waals surface area contributed by atoms with Gasteiger partial charge in [-0.15, -0.1) is 11.3 Å². The summed E-state index contributed by atoms with van der Waals surface area (Å²) in [5, 5.41) is 17.0. The summed E-state index contributed by atoms with van der Waals surface area (Å²) in [5.74, 6) is -1.41. The first-order valence-corrected chi connectivity index (χ1v) is 14.2. The highest BCUT2D eigenvalue weighted by atomic mass is 32.1. The number of rotatable bonds is 9. The van der Waals surface area contributed by atoms with E-state index in [0.717, 1.165) is 24.9 Å². The highest BCUT2D eigenvalue weighted by molar-refractivity contribution is 7.12. The van der Waals surface area contributed by atoms with Crippen LogP contribution in [-0.2, 0) is 9.59 Å². The average Bonchev–Trinajstić information content (AvgIpc) is 3.71. The minimum absolute atomic E-state index is 0.168. The number of nitrogens with zero attached hydrogens (tertiary/aromatic N) is 3. The number of hydrogen-bond acceptors (Lipinski definition) is 7. The average molecular weight is 562 g/mol. The standard InChI is InChI=1S/C29H31N5O5S/c35-26(36)17-22(21-4-1-10-30-18-21)31-27(37)20-8-9-24(23(16-20)32-28(38)25-5-2-15-40-25)33-11-3-12-34(14-13-33)29(39)19-6-7-19/h1-2,4-5,8-10,15-16,18-19,22H,3,6-7,11-14,17H2,(H,31,37)(H,32,38)(H,35,36). The van der Waals surface area contributed by atoms with Crippen LogP contribution in [0.15, 0.2) is 60.2 Å². The van der Waals surface area contributed by atoms with Crippen molar-refractivity contribution in [2.24, 2.45) is 5.92 Å². The molecule has 11 heteroatoms. The Morgan fingerprint density at radius 2 is 1.88 bits per heavy atom. The molecule has 2 fully saturated rings.